The van der Waals surface area contributed by atoms with Crippen LogP contribution in [0.15, 0.2) is 29.2 Å². The second-order valence-corrected chi connectivity index (χ2v) is 5.71. The number of rotatable bonds is 1. The molecule has 0 unspecified atom stereocenters. The summed E-state index contributed by atoms with van der Waals surface area (Å²) < 4.78 is 22.1. The van der Waals surface area contributed by atoms with Gasteiger partial charge in [-0.1, -0.05) is 6.07 Å². The summed E-state index contributed by atoms with van der Waals surface area (Å²) >= 11 is 0. The standard InChI is InChI=1S/C9H8ClNO2S/c1-6-4-7-2-3-8(14(10,12)13)5-9(7)11-6/h2-5,11H,1H3. The van der Waals surface area contributed by atoms with Crippen LogP contribution in [0.1, 0.15) is 5.69 Å². The lowest BCUT2D eigenvalue weighted by molar-refractivity contribution is 0.609. The van der Waals surface area contributed by atoms with Gasteiger partial charge in [-0.3, -0.25) is 0 Å². The average molecular weight is 230 g/mol. The number of halogens is 1. The first-order valence-corrected chi connectivity index (χ1v) is 6.32. The molecule has 3 nitrogen and oxygen atoms in total. The maximum absolute atomic E-state index is 11.0. The van der Waals surface area contributed by atoms with E-state index >= 15 is 0 Å². The van der Waals surface area contributed by atoms with Crippen LogP contribution in [0.25, 0.3) is 10.9 Å². The monoisotopic (exact) mass is 229 g/mol. The summed E-state index contributed by atoms with van der Waals surface area (Å²) in [6, 6.07) is 6.71. The van der Waals surface area contributed by atoms with E-state index in [2.05, 4.69) is 4.98 Å². The molecule has 14 heavy (non-hydrogen) atoms. The summed E-state index contributed by atoms with van der Waals surface area (Å²) in [5.41, 5.74) is 1.77. The number of benzene rings is 1. The van der Waals surface area contributed by atoms with Gasteiger partial charge in [-0.2, -0.15) is 0 Å². The molecule has 1 N–H and O–H groups in total. The van der Waals surface area contributed by atoms with E-state index in [-0.39, 0.29) is 4.90 Å². The Bertz CT molecular complexity index is 586. The number of aromatic amines is 1. The van der Waals surface area contributed by atoms with E-state index in [1.54, 1.807) is 6.07 Å². The van der Waals surface area contributed by atoms with E-state index in [0.29, 0.717) is 0 Å². The van der Waals surface area contributed by atoms with Gasteiger partial charge in [0, 0.05) is 21.9 Å². The van der Waals surface area contributed by atoms with Crippen molar-refractivity contribution in [1.82, 2.24) is 4.98 Å². The van der Waals surface area contributed by atoms with Gasteiger partial charge in [0.2, 0.25) is 0 Å². The summed E-state index contributed by atoms with van der Waals surface area (Å²) in [4.78, 5) is 3.17. The van der Waals surface area contributed by atoms with Gasteiger partial charge in [0.1, 0.15) is 0 Å². The van der Waals surface area contributed by atoms with E-state index in [1.165, 1.54) is 12.1 Å². The first-order chi connectivity index (χ1) is 6.47. The lowest BCUT2D eigenvalue weighted by atomic mass is 10.2. The SMILES string of the molecule is Cc1cc2ccc(S(=O)(=O)Cl)cc2[nH]1. The quantitative estimate of drug-likeness (QED) is 0.764. The van der Waals surface area contributed by atoms with Gasteiger partial charge in [-0.25, -0.2) is 8.42 Å². The number of hydrogen-bond acceptors (Lipinski definition) is 2. The van der Waals surface area contributed by atoms with Crippen LogP contribution < -0.4 is 0 Å². The summed E-state index contributed by atoms with van der Waals surface area (Å²) in [5.74, 6) is 0. The Balaban J connectivity index is 2.74. The highest BCUT2D eigenvalue weighted by atomic mass is 35.7. The predicted octanol–water partition coefficient (Wildman–Crippen LogP) is 2.40. The Morgan fingerprint density at radius 3 is 2.64 bits per heavy atom. The lowest BCUT2D eigenvalue weighted by Gasteiger charge is -1.95. The molecule has 0 aliphatic rings. The normalized spacial score (nSPS) is 12.1. The first kappa shape index (κ1) is 9.55. The van der Waals surface area contributed by atoms with Crippen LogP contribution in [-0.4, -0.2) is 13.4 Å². The van der Waals surface area contributed by atoms with Crippen molar-refractivity contribution in [3.05, 3.63) is 30.0 Å². The van der Waals surface area contributed by atoms with Crippen LogP contribution in [0, 0.1) is 6.92 Å². The van der Waals surface area contributed by atoms with Crippen molar-refractivity contribution in [2.75, 3.05) is 0 Å². The van der Waals surface area contributed by atoms with Crippen molar-refractivity contribution in [2.45, 2.75) is 11.8 Å². The smallest absolute Gasteiger partial charge is 0.261 e. The predicted molar refractivity (Wildman–Crippen MR) is 56.1 cm³/mol. The van der Waals surface area contributed by atoms with Crippen LogP contribution in [0.2, 0.25) is 0 Å². The Hall–Kier alpha value is -1.00. The number of aromatic nitrogens is 1. The molecule has 1 heterocycles. The van der Waals surface area contributed by atoms with Crippen LogP contribution in [0.4, 0.5) is 0 Å². The third-order valence-electron chi connectivity index (χ3n) is 2.01. The average Bonchev–Trinajstić information content (AvgIpc) is 2.41. The van der Waals surface area contributed by atoms with Gasteiger partial charge in [-0.05, 0) is 30.5 Å². The molecule has 74 valence electrons. The van der Waals surface area contributed by atoms with Gasteiger partial charge < -0.3 is 4.98 Å². The minimum absolute atomic E-state index is 0.119. The lowest BCUT2D eigenvalue weighted by Crippen LogP contribution is -1.89. The van der Waals surface area contributed by atoms with Crippen molar-refractivity contribution >= 4 is 30.6 Å². The van der Waals surface area contributed by atoms with Crippen molar-refractivity contribution in [3.8, 4) is 0 Å². The second-order valence-electron chi connectivity index (χ2n) is 3.14. The maximum atomic E-state index is 11.0. The van der Waals surface area contributed by atoms with Crippen molar-refractivity contribution in [3.63, 3.8) is 0 Å². The number of H-pyrrole nitrogens is 1. The molecule has 5 heteroatoms. The molecule has 0 aliphatic carbocycles. The van der Waals surface area contributed by atoms with E-state index in [0.717, 1.165) is 16.6 Å². The Kier molecular flexibility index (Phi) is 2.05. The summed E-state index contributed by atoms with van der Waals surface area (Å²) in [5, 5.41) is 0.978. The van der Waals surface area contributed by atoms with Gasteiger partial charge in [0.25, 0.3) is 9.05 Å². The Morgan fingerprint density at radius 2 is 2.00 bits per heavy atom. The molecular weight excluding hydrogens is 222 g/mol. The molecule has 0 aliphatic heterocycles. The molecule has 0 fully saturated rings. The molecule has 0 saturated heterocycles. The van der Waals surface area contributed by atoms with E-state index in [9.17, 15) is 8.42 Å². The fourth-order valence-electron chi connectivity index (χ4n) is 1.40. The minimum atomic E-state index is -3.63. The zero-order valence-electron chi connectivity index (χ0n) is 7.41. The molecule has 0 spiro atoms. The van der Waals surface area contributed by atoms with E-state index in [1.807, 2.05) is 13.0 Å². The van der Waals surface area contributed by atoms with Gasteiger partial charge in [0.05, 0.1) is 4.90 Å². The van der Waals surface area contributed by atoms with Crippen molar-refractivity contribution < 1.29 is 8.42 Å². The zero-order valence-corrected chi connectivity index (χ0v) is 8.98. The molecule has 0 atom stereocenters. The van der Waals surface area contributed by atoms with Crippen molar-refractivity contribution in [1.29, 1.82) is 0 Å². The van der Waals surface area contributed by atoms with Crippen LogP contribution in [-0.2, 0) is 9.05 Å². The largest absolute Gasteiger partial charge is 0.359 e. The van der Waals surface area contributed by atoms with E-state index < -0.39 is 9.05 Å². The molecule has 0 saturated carbocycles. The molecule has 2 rings (SSSR count). The van der Waals surface area contributed by atoms with Gasteiger partial charge >= 0.3 is 0 Å². The third-order valence-corrected chi connectivity index (χ3v) is 3.36. The highest BCUT2D eigenvalue weighted by Crippen LogP contribution is 2.21. The molecular formula is C9H8ClNO2S. The summed E-state index contributed by atoms with van der Waals surface area (Å²) in [7, 11) is 1.59. The molecule has 1 aromatic heterocycles. The van der Waals surface area contributed by atoms with Crippen LogP contribution in [0.3, 0.4) is 0 Å². The molecule has 2 aromatic rings. The summed E-state index contributed by atoms with van der Waals surface area (Å²) in [6.07, 6.45) is 0. The fourth-order valence-corrected chi connectivity index (χ4v) is 2.18. The first-order valence-electron chi connectivity index (χ1n) is 4.01. The maximum Gasteiger partial charge on any atom is 0.261 e. The highest BCUT2D eigenvalue weighted by molar-refractivity contribution is 8.13. The van der Waals surface area contributed by atoms with Gasteiger partial charge in [-0.15, -0.1) is 0 Å². The molecule has 1 aromatic carbocycles. The molecule has 0 bridgehead atoms. The topological polar surface area (TPSA) is 49.9 Å². The Labute approximate surface area is 86.1 Å². The number of hydrogen-bond donors (Lipinski definition) is 1. The zero-order chi connectivity index (χ0) is 10.3. The number of aryl methyl sites for hydroxylation is 1. The molecule has 0 amide bonds. The minimum Gasteiger partial charge on any atom is -0.359 e. The van der Waals surface area contributed by atoms with Crippen LogP contribution in [0.5, 0.6) is 0 Å². The van der Waals surface area contributed by atoms with Crippen LogP contribution >= 0.6 is 10.7 Å². The molecule has 0 radical (unpaired) electrons. The number of nitrogens with one attached hydrogen (secondary N) is 1. The Morgan fingerprint density at radius 1 is 1.29 bits per heavy atom. The summed E-state index contributed by atoms with van der Waals surface area (Å²) in [6.45, 7) is 1.91. The fraction of sp³-hybridized carbons (Fsp3) is 0.111. The number of fused-ring (bicyclic) bond motifs is 1. The van der Waals surface area contributed by atoms with Gasteiger partial charge in [0.15, 0.2) is 0 Å². The van der Waals surface area contributed by atoms with E-state index in [4.69, 9.17) is 10.7 Å². The highest BCUT2D eigenvalue weighted by Gasteiger charge is 2.10. The second kappa shape index (κ2) is 3.00. The third kappa shape index (κ3) is 1.63. The van der Waals surface area contributed by atoms with Crippen molar-refractivity contribution in [2.24, 2.45) is 0 Å².